The Bertz CT molecular complexity index is 918. The fourth-order valence-corrected chi connectivity index (χ4v) is 3.11. The van der Waals surface area contributed by atoms with Gasteiger partial charge in [-0.3, -0.25) is 18.7 Å². The number of hydrogen-bond acceptors (Lipinski definition) is 6. The zero-order chi connectivity index (χ0) is 20.7. The maximum atomic E-state index is 12.9. The fraction of sp³-hybridized carbons (Fsp3) is 0.450. The molecule has 8 heteroatoms. The second kappa shape index (κ2) is 9.77. The molecule has 0 bridgehead atoms. The molecule has 0 aliphatic rings. The minimum atomic E-state index is -0.432. The number of nitrogens with zero attached hydrogens (tertiary/aromatic N) is 2. The van der Waals surface area contributed by atoms with E-state index in [0.29, 0.717) is 12.8 Å². The van der Waals surface area contributed by atoms with Crippen LogP contribution in [0, 0.1) is 0 Å². The van der Waals surface area contributed by atoms with E-state index in [9.17, 15) is 14.4 Å². The van der Waals surface area contributed by atoms with Gasteiger partial charge in [-0.1, -0.05) is 30.3 Å². The molecule has 1 aromatic carbocycles. The number of anilines is 2. The lowest BCUT2D eigenvalue weighted by atomic mass is 10.1. The molecule has 0 aliphatic carbocycles. The van der Waals surface area contributed by atoms with E-state index in [4.69, 9.17) is 10.5 Å². The van der Waals surface area contributed by atoms with Gasteiger partial charge in [-0.25, -0.2) is 4.79 Å². The van der Waals surface area contributed by atoms with E-state index in [1.807, 2.05) is 37.3 Å². The van der Waals surface area contributed by atoms with Crippen LogP contribution in [0.15, 0.2) is 39.9 Å². The third-order valence-electron chi connectivity index (χ3n) is 4.51. The molecule has 1 aromatic heterocycles. The summed E-state index contributed by atoms with van der Waals surface area (Å²) in [7, 11) is 1.61. The number of nitrogen functional groups attached to an aromatic ring is 1. The molecule has 0 radical (unpaired) electrons. The predicted molar refractivity (Wildman–Crippen MR) is 110 cm³/mol. The van der Waals surface area contributed by atoms with E-state index in [-0.39, 0.29) is 36.7 Å². The van der Waals surface area contributed by atoms with Gasteiger partial charge in [0.15, 0.2) is 0 Å². The van der Waals surface area contributed by atoms with Crippen LogP contribution in [-0.4, -0.2) is 28.3 Å². The highest BCUT2D eigenvalue weighted by atomic mass is 16.5. The van der Waals surface area contributed by atoms with Gasteiger partial charge in [-0.2, -0.15) is 0 Å². The molecule has 0 saturated heterocycles. The maximum absolute atomic E-state index is 12.9. The Hall–Kier alpha value is -3.03. The molecule has 1 heterocycles. The van der Waals surface area contributed by atoms with Crippen molar-refractivity contribution in [3.63, 3.8) is 0 Å². The molecule has 0 amide bonds. The topological polar surface area (TPSA) is 108 Å². The second-order valence-electron chi connectivity index (χ2n) is 6.74. The minimum Gasteiger partial charge on any atom is -0.463 e. The summed E-state index contributed by atoms with van der Waals surface area (Å²) in [6.45, 7) is 3.75. The summed E-state index contributed by atoms with van der Waals surface area (Å²) in [5.74, 6) is -0.189. The molecule has 0 saturated carbocycles. The molecular formula is C20H28N4O4. The molecule has 0 fully saturated rings. The first-order valence-corrected chi connectivity index (χ1v) is 9.37. The Morgan fingerprint density at radius 1 is 1.18 bits per heavy atom. The van der Waals surface area contributed by atoms with Gasteiger partial charge in [0.25, 0.3) is 5.56 Å². The fourth-order valence-electron chi connectivity index (χ4n) is 3.11. The summed E-state index contributed by atoms with van der Waals surface area (Å²) in [6, 6.07) is 9.46. The maximum Gasteiger partial charge on any atom is 0.332 e. The summed E-state index contributed by atoms with van der Waals surface area (Å²) in [5.41, 5.74) is 6.36. The van der Waals surface area contributed by atoms with E-state index in [1.54, 1.807) is 7.05 Å². The van der Waals surface area contributed by atoms with E-state index in [1.165, 1.54) is 16.1 Å². The summed E-state index contributed by atoms with van der Waals surface area (Å²) < 4.78 is 7.70. The number of carbonyl (C=O) groups is 1. The normalized spacial score (nSPS) is 11.8. The number of benzene rings is 1. The van der Waals surface area contributed by atoms with Crippen molar-refractivity contribution in [1.82, 2.24) is 9.13 Å². The minimum absolute atomic E-state index is 0.126. The number of ether oxygens (including phenoxy) is 1. The standard InChI is InChI=1S/C20H28N4O4/c1-14(28-15(2)25)9-7-8-12-23-19(26)17(22-3)18(21)24(20(23)27)13-16-10-5-4-6-11-16/h4-6,10-11,14,22H,7-9,12-13,21H2,1-3H3. The monoisotopic (exact) mass is 388 g/mol. The first kappa shape index (κ1) is 21.3. The smallest absolute Gasteiger partial charge is 0.332 e. The van der Waals surface area contributed by atoms with Crippen molar-refractivity contribution >= 4 is 17.5 Å². The Morgan fingerprint density at radius 3 is 2.46 bits per heavy atom. The molecule has 28 heavy (non-hydrogen) atoms. The average Bonchev–Trinajstić information content (AvgIpc) is 2.65. The van der Waals surface area contributed by atoms with Gasteiger partial charge in [0.2, 0.25) is 0 Å². The SMILES string of the molecule is CNc1c(N)n(Cc2ccccc2)c(=O)n(CCCCC(C)OC(C)=O)c1=O. The number of unbranched alkanes of at least 4 members (excludes halogenated alkanes) is 1. The first-order valence-electron chi connectivity index (χ1n) is 9.37. The highest BCUT2D eigenvalue weighted by Gasteiger charge is 2.16. The van der Waals surface area contributed by atoms with Crippen molar-refractivity contribution < 1.29 is 9.53 Å². The molecular weight excluding hydrogens is 360 g/mol. The van der Waals surface area contributed by atoms with Crippen LogP contribution in [0.4, 0.5) is 11.5 Å². The number of nitrogens with one attached hydrogen (secondary N) is 1. The van der Waals surface area contributed by atoms with E-state index < -0.39 is 11.2 Å². The molecule has 0 spiro atoms. The molecule has 8 nitrogen and oxygen atoms in total. The van der Waals surface area contributed by atoms with Crippen LogP contribution in [0.1, 0.15) is 38.7 Å². The van der Waals surface area contributed by atoms with Crippen LogP contribution < -0.4 is 22.3 Å². The Morgan fingerprint density at radius 2 is 1.86 bits per heavy atom. The number of rotatable bonds is 9. The number of hydrogen-bond donors (Lipinski definition) is 2. The molecule has 1 atom stereocenters. The van der Waals surface area contributed by atoms with Crippen molar-refractivity contribution in [3.05, 3.63) is 56.7 Å². The molecule has 2 aromatic rings. The largest absolute Gasteiger partial charge is 0.463 e. The summed E-state index contributed by atoms with van der Waals surface area (Å²) in [4.78, 5) is 36.5. The first-order chi connectivity index (χ1) is 13.3. The van der Waals surface area contributed by atoms with Gasteiger partial charge in [0.05, 0.1) is 12.6 Å². The van der Waals surface area contributed by atoms with Crippen LogP contribution in [0.25, 0.3) is 0 Å². The number of carbonyl (C=O) groups excluding carboxylic acids is 1. The lowest BCUT2D eigenvalue weighted by Crippen LogP contribution is -2.42. The molecule has 2 rings (SSSR count). The van der Waals surface area contributed by atoms with E-state index in [2.05, 4.69) is 5.32 Å². The van der Waals surface area contributed by atoms with Gasteiger partial charge < -0.3 is 15.8 Å². The quantitative estimate of drug-likeness (QED) is 0.501. The Labute approximate surface area is 163 Å². The predicted octanol–water partition coefficient (Wildman–Crippen LogP) is 1.80. The summed E-state index contributed by atoms with van der Waals surface area (Å²) >= 11 is 0. The van der Waals surface area contributed by atoms with Gasteiger partial charge in [0.1, 0.15) is 11.5 Å². The van der Waals surface area contributed by atoms with Crippen LogP contribution in [0.2, 0.25) is 0 Å². The van der Waals surface area contributed by atoms with E-state index in [0.717, 1.165) is 12.0 Å². The van der Waals surface area contributed by atoms with Crippen molar-refractivity contribution in [2.45, 2.75) is 52.3 Å². The lowest BCUT2D eigenvalue weighted by molar-refractivity contribution is -0.145. The van der Waals surface area contributed by atoms with Crippen LogP contribution in [0.5, 0.6) is 0 Å². The second-order valence-corrected chi connectivity index (χ2v) is 6.74. The van der Waals surface area contributed by atoms with Crippen LogP contribution >= 0.6 is 0 Å². The third-order valence-corrected chi connectivity index (χ3v) is 4.51. The molecule has 152 valence electrons. The number of nitrogens with two attached hydrogens (primary N) is 1. The van der Waals surface area contributed by atoms with Crippen molar-refractivity contribution in [3.8, 4) is 0 Å². The van der Waals surface area contributed by atoms with Crippen molar-refractivity contribution in [2.24, 2.45) is 0 Å². The summed E-state index contributed by atoms with van der Waals surface area (Å²) in [5, 5.41) is 2.81. The van der Waals surface area contributed by atoms with Crippen LogP contribution in [0.3, 0.4) is 0 Å². The lowest BCUT2D eigenvalue weighted by Gasteiger charge is -2.17. The number of esters is 1. The molecule has 1 unspecified atom stereocenters. The average molecular weight is 388 g/mol. The molecule has 3 N–H and O–H groups in total. The Kier molecular flexibility index (Phi) is 7.43. The van der Waals surface area contributed by atoms with Gasteiger partial charge in [-0.05, 0) is 31.7 Å². The van der Waals surface area contributed by atoms with Crippen molar-refractivity contribution in [1.29, 1.82) is 0 Å². The van der Waals surface area contributed by atoms with Crippen molar-refractivity contribution in [2.75, 3.05) is 18.1 Å². The Balaban J connectivity index is 2.21. The third kappa shape index (κ3) is 5.25. The number of aromatic nitrogens is 2. The zero-order valence-corrected chi connectivity index (χ0v) is 16.6. The van der Waals surface area contributed by atoms with Crippen LogP contribution in [-0.2, 0) is 22.6 Å². The zero-order valence-electron chi connectivity index (χ0n) is 16.6. The van der Waals surface area contributed by atoms with Gasteiger partial charge >= 0.3 is 11.7 Å². The van der Waals surface area contributed by atoms with Gasteiger partial charge in [-0.15, -0.1) is 0 Å². The highest BCUT2D eigenvalue weighted by Crippen LogP contribution is 2.13. The molecule has 0 aliphatic heterocycles. The highest BCUT2D eigenvalue weighted by molar-refractivity contribution is 5.66. The van der Waals surface area contributed by atoms with Gasteiger partial charge in [0, 0.05) is 20.5 Å². The summed E-state index contributed by atoms with van der Waals surface area (Å²) in [6.07, 6.45) is 1.81. The van der Waals surface area contributed by atoms with E-state index >= 15 is 0 Å².